The maximum Gasteiger partial charge on any atom is 0.342 e. The number of carbonyl (C=O) groups is 3. The van der Waals surface area contributed by atoms with Crippen LogP contribution in [-0.4, -0.2) is 36.5 Å². The summed E-state index contributed by atoms with van der Waals surface area (Å²) >= 11 is 0. The number of esters is 2. The van der Waals surface area contributed by atoms with Crippen LogP contribution >= 0.6 is 0 Å². The summed E-state index contributed by atoms with van der Waals surface area (Å²) in [6.07, 6.45) is 1.29. The van der Waals surface area contributed by atoms with Gasteiger partial charge in [-0.25, -0.2) is 9.59 Å². The van der Waals surface area contributed by atoms with E-state index in [1.54, 1.807) is 38.1 Å². The molecule has 1 aromatic carbocycles. The number of ketones is 1. The van der Waals surface area contributed by atoms with E-state index >= 15 is 0 Å². The Hall–Kier alpha value is -2.98. The van der Waals surface area contributed by atoms with Crippen LogP contribution < -0.4 is 5.32 Å². The van der Waals surface area contributed by atoms with Crippen LogP contribution in [0.2, 0.25) is 0 Å². The number of nitrogens with zero attached hydrogens (tertiary/aromatic N) is 1. The summed E-state index contributed by atoms with van der Waals surface area (Å²) in [6.45, 7) is 4.76. The Bertz CT molecular complexity index is 771. The summed E-state index contributed by atoms with van der Waals surface area (Å²) in [7, 11) is 0. The van der Waals surface area contributed by atoms with Crippen molar-refractivity contribution < 1.29 is 23.9 Å². The summed E-state index contributed by atoms with van der Waals surface area (Å²) in [5, 5.41) is 11.8. The molecular weight excluding hydrogens is 336 g/mol. The normalized spacial score (nSPS) is 17.8. The van der Waals surface area contributed by atoms with Gasteiger partial charge in [0.05, 0.1) is 30.9 Å². The molecule has 26 heavy (non-hydrogen) atoms. The van der Waals surface area contributed by atoms with Gasteiger partial charge in [-0.2, -0.15) is 5.26 Å². The van der Waals surface area contributed by atoms with Crippen LogP contribution in [0.1, 0.15) is 37.9 Å². The number of carbonyl (C=O) groups excluding carboxylic acids is 3. The van der Waals surface area contributed by atoms with Gasteiger partial charge in [-0.05, 0) is 44.5 Å². The lowest BCUT2D eigenvalue weighted by molar-refractivity contribution is -0.162. The molecular formula is C19H20N2O5. The average Bonchev–Trinajstić information content (AvgIpc) is 3.05. The van der Waals surface area contributed by atoms with Gasteiger partial charge in [0, 0.05) is 5.57 Å². The van der Waals surface area contributed by atoms with Crippen molar-refractivity contribution >= 4 is 17.7 Å². The van der Waals surface area contributed by atoms with Gasteiger partial charge in [-0.1, -0.05) is 12.1 Å². The van der Waals surface area contributed by atoms with Crippen molar-refractivity contribution in [1.29, 1.82) is 5.26 Å². The molecule has 2 rings (SSSR count). The van der Waals surface area contributed by atoms with Gasteiger partial charge in [0.25, 0.3) is 0 Å². The minimum absolute atomic E-state index is 0.0758. The van der Waals surface area contributed by atoms with Crippen molar-refractivity contribution in [3.8, 4) is 6.07 Å². The number of nitrogens with one attached hydrogen (secondary N) is 1. The molecule has 0 unspecified atom stereocenters. The number of ether oxygens (including phenoxy) is 2. The van der Waals surface area contributed by atoms with E-state index < -0.39 is 23.5 Å². The molecule has 1 aliphatic heterocycles. The predicted molar refractivity (Wildman–Crippen MR) is 91.8 cm³/mol. The second-order valence-corrected chi connectivity index (χ2v) is 5.72. The molecule has 1 atom stereocenters. The summed E-state index contributed by atoms with van der Waals surface area (Å²) in [4.78, 5) is 37.2. The molecule has 0 aromatic heterocycles. The Morgan fingerprint density at radius 1 is 1.12 bits per heavy atom. The molecule has 0 amide bonds. The second kappa shape index (κ2) is 7.93. The van der Waals surface area contributed by atoms with Gasteiger partial charge in [0.1, 0.15) is 0 Å². The SMILES string of the molecule is CCOC(=O)C1(C(=O)OCC)C=C(C(C)=O)[C@@H](c2ccc(C#N)cc2)N1. The van der Waals surface area contributed by atoms with Crippen LogP contribution in [-0.2, 0) is 23.9 Å². The van der Waals surface area contributed by atoms with Crippen LogP contribution in [0.15, 0.2) is 35.9 Å². The first-order chi connectivity index (χ1) is 12.4. The third-order valence-electron chi connectivity index (χ3n) is 4.03. The largest absolute Gasteiger partial charge is 0.464 e. The molecule has 1 N–H and O–H groups in total. The average molecular weight is 356 g/mol. The predicted octanol–water partition coefficient (Wildman–Crippen LogP) is 1.58. The molecule has 7 nitrogen and oxygen atoms in total. The van der Waals surface area contributed by atoms with E-state index in [1.807, 2.05) is 6.07 Å². The number of benzene rings is 1. The van der Waals surface area contributed by atoms with Gasteiger partial charge in [0.2, 0.25) is 5.54 Å². The molecule has 0 saturated carbocycles. The van der Waals surface area contributed by atoms with E-state index in [4.69, 9.17) is 14.7 Å². The van der Waals surface area contributed by atoms with E-state index in [0.717, 1.165) is 0 Å². The zero-order chi connectivity index (χ0) is 19.3. The lowest BCUT2D eigenvalue weighted by Crippen LogP contribution is -2.56. The first-order valence-corrected chi connectivity index (χ1v) is 8.25. The molecule has 1 aliphatic rings. The van der Waals surface area contributed by atoms with Gasteiger partial charge in [-0.15, -0.1) is 0 Å². The van der Waals surface area contributed by atoms with Crippen LogP contribution in [0.4, 0.5) is 0 Å². The number of Topliss-reactive ketones (excluding diaryl/α,β-unsaturated/α-hetero) is 1. The molecule has 7 heteroatoms. The van der Waals surface area contributed by atoms with Crippen molar-refractivity contribution in [3.05, 3.63) is 47.0 Å². The third kappa shape index (κ3) is 3.51. The van der Waals surface area contributed by atoms with E-state index in [1.165, 1.54) is 13.0 Å². The van der Waals surface area contributed by atoms with Crippen molar-refractivity contribution in [2.45, 2.75) is 32.4 Å². The molecule has 0 fully saturated rings. The Morgan fingerprint density at radius 3 is 2.08 bits per heavy atom. The van der Waals surface area contributed by atoms with E-state index in [-0.39, 0.29) is 24.6 Å². The van der Waals surface area contributed by atoms with Gasteiger partial charge >= 0.3 is 11.9 Å². The van der Waals surface area contributed by atoms with Crippen molar-refractivity contribution in [2.75, 3.05) is 13.2 Å². The minimum Gasteiger partial charge on any atom is -0.464 e. The Balaban J connectivity index is 2.51. The minimum atomic E-state index is -1.88. The van der Waals surface area contributed by atoms with Crippen LogP contribution in [0.3, 0.4) is 0 Å². The lowest BCUT2D eigenvalue weighted by atomic mass is 9.96. The zero-order valence-electron chi connectivity index (χ0n) is 14.9. The van der Waals surface area contributed by atoms with Crippen molar-refractivity contribution in [1.82, 2.24) is 5.32 Å². The first-order valence-electron chi connectivity index (χ1n) is 8.25. The van der Waals surface area contributed by atoms with Crippen LogP contribution in [0.25, 0.3) is 0 Å². The molecule has 0 aliphatic carbocycles. The Morgan fingerprint density at radius 2 is 1.65 bits per heavy atom. The molecule has 0 saturated heterocycles. The number of hydrogen-bond acceptors (Lipinski definition) is 7. The number of nitriles is 1. The second-order valence-electron chi connectivity index (χ2n) is 5.72. The van der Waals surface area contributed by atoms with E-state index in [9.17, 15) is 14.4 Å². The standard InChI is InChI=1S/C19H20N2O5/c1-4-25-17(23)19(18(24)26-5-2)10-15(12(3)22)16(21-19)14-8-6-13(11-20)7-9-14/h6-10,16,21H,4-5H2,1-3H3/t16-/m1/s1. The van der Waals surface area contributed by atoms with E-state index in [0.29, 0.717) is 11.1 Å². The molecule has 1 heterocycles. The Labute approximate surface area is 151 Å². The molecule has 1 aromatic rings. The molecule has 136 valence electrons. The number of rotatable bonds is 6. The first kappa shape index (κ1) is 19.3. The summed E-state index contributed by atoms with van der Waals surface area (Å²) in [5.41, 5.74) is -0.523. The Kier molecular flexibility index (Phi) is 5.90. The highest BCUT2D eigenvalue weighted by atomic mass is 16.6. The summed E-state index contributed by atoms with van der Waals surface area (Å²) in [6, 6.07) is 7.85. The fourth-order valence-corrected chi connectivity index (χ4v) is 2.79. The van der Waals surface area contributed by atoms with Crippen molar-refractivity contribution in [3.63, 3.8) is 0 Å². The molecule has 0 radical (unpaired) electrons. The fraction of sp³-hybridized carbons (Fsp3) is 0.368. The third-order valence-corrected chi connectivity index (χ3v) is 4.03. The topological polar surface area (TPSA) is 105 Å². The lowest BCUT2D eigenvalue weighted by Gasteiger charge is -2.26. The molecule has 0 bridgehead atoms. The summed E-state index contributed by atoms with van der Waals surface area (Å²) < 4.78 is 10.1. The smallest absolute Gasteiger partial charge is 0.342 e. The van der Waals surface area contributed by atoms with Crippen LogP contribution in [0, 0.1) is 11.3 Å². The molecule has 0 spiro atoms. The number of hydrogen-bond donors (Lipinski definition) is 1. The maximum absolute atomic E-state index is 12.5. The maximum atomic E-state index is 12.5. The highest BCUT2D eigenvalue weighted by Crippen LogP contribution is 2.35. The van der Waals surface area contributed by atoms with Crippen LogP contribution in [0.5, 0.6) is 0 Å². The van der Waals surface area contributed by atoms with E-state index in [2.05, 4.69) is 5.32 Å². The highest BCUT2D eigenvalue weighted by molar-refractivity contribution is 6.11. The van der Waals surface area contributed by atoms with Gasteiger partial charge in [-0.3, -0.25) is 10.1 Å². The summed E-state index contributed by atoms with van der Waals surface area (Å²) in [5.74, 6) is -1.94. The monoisotopic (exact) mass is 356 g/mol. The van der Waals surface area contributed by atoms with Crippen molar-refractivity contribution in [2.24, 2.45) is 0 Å². The highest BCUT2D eigenvalue weighted by Gasteiger charge is 2.54. The fourth-order valence-electron chi connectivity index (χ4n) is 2.79. The van der Waals surface area contributed by atoms with Gasteiger partial charge < -0.3 is 9.47 Å². The van der Waals surface area contributed by atoms with Gasteiger partial charge in [0.15, 0.2) is 5.78 Å². The quantitative estimate of drug-likeness (QED) is 0.609. The zero-order valence-corrected chi connectivity index (χ0v) is 14.9.